The summed E-state index contributed by atoms with van der Waals surface area (Å²) in [5.41, 5.74) is -1.06. The lowest BCUT2D eigenvalue weighted by molar-refractivity contribution is -0.145. The summed E-state index contributed by atoms with van der Waals surface area (Å²) >= 11 is 0. The van der Waals surface area contributed by atoms with E-state index in [-0.39, 0.29) is 5.60 Å². The van der Waals surface area contributed by atoms with Gasteiger partial charge in [0, 0.05) is 12.6 Å². The smallest absolute Gasteiger partial charge is 0.323 e. The third kappa shape index (κ3) is 4.49. The van der Waals surface area contributed by atoms with Gasteiger partial charge in [-0.15, -0.1) is 0 Å². The van der Waals surface area contributed by atoms with Crippen LogP contribution < -0.4 is 5.32 Å². The molecule has 1 rings (SSSR count). The molecule has 0 aromatic rings. The van der Waals surface area contributed by atoms with E-state index in [1.54, 1.807) is 6.92 Å². The van der Waals surface area contributed by atoms with E-state index in [4.69, 9.17) is 4.74 Å². The van der Waals surface area contributed by atoms with E-state index in [0.29, 0.717) is 19.1 Å². The molecule has 4 heteroatoms. The van der Waals surface area contributed by atoms with Gasteiger partial charge in [-0.3, -0.25) is 10.1 Å². The van der Waals surface area contributed by atoms with Crippen LogP contribution in [0.4, 0.5) is 0 Å². The molecule has 0 bridgehead atoms. The molecular formula is C12H23NO3. The predicted molar refractivity (Wildman–Crippen MR) is 62.5 cm³/mol. The number of ether oxygens (including phenoxy) is 1. The van der Waals surface area contributed by atoms with Crippen LogP contribution in [0.2, 0.25) is 0 Å². The van der Waals surface area contributed by atoms with Gasteiger partial charge in [-0.05, 0) is 47.0 Å². The zero-order valence-corrected chi connectivity index (χ0v) is 10.7. The van der Waals surface area contributed by atoms with E-state index in [1.165, 1.54) is 0 Å². The van der Waals surface area contributed by atoms with Crippen LogP contribution in [0, 0.1) is 0 Å². The Morgan fingerprint density at radius 2 is 1.94 bits per heavy atom. The lowest BCUT2D eigenvalue weighted by Gasteiger charge is -2.28. The fraction of sp³-hybridized carbons (Fsp3) is 0.917. The van der Waals surface area contributed by atoms with Gasteiger partial charge < -0.3 is 9.84 Å². The Morgan fingerprint density at radius 1 is 1.38 bits per heavy atom. The minimum Gasteiger partial charge on any atom is -0.480 e. The van der Waals surface area contributed by atoms with Crippen LogP contribution in [-0.2, 0) is 9.53 Å². The highest BCUT2D eigenvalue weighted by Crippen LogP contribution is 2.24. The van der Waals surface area contributed by atoms with Crippen LogP contribution in [-0.4, -0.2) is 34.9 Å². The molecular weight excluding hydrogens is 206 g/mol. The summed E-state index contributed by atoms with van der Waals surface area (Å²) in [4.78, 5) is 11.2. The zero-order valence-electron chi connectivity index (χ0n) is 10.7. The van der Waals surface area contributed by atoms with E-state index < -0.39 is 11.5 Å². The molecule has 0 amide bonds. The van der Waals surface area contributed by atoms with Crippen LogP contribution in [0.15, 0.2) is 0 Å². The molecule has 1 unspecified atom stereocenters. The van der Waals surface area contributed by atoms with Crippen molar-refractivity contribution in [1.29, 1.82) is 0 Å². The molecule has 1 aliphatic carbocycles. The Balaban J connectivity index is 2.41. The number of aliphatic carboxylic acids is 1. The largest absolute Gasteiger partial charge is 0.480 e. The summed E-state index contributed by atoms with van der Waals surface area (Å²) in [7, 11) is 0. The highest BCUT2D eigenvalue weighted by molar-refractivity contribution is 5.78. The van der Waals surface area contributed by atoms with Crippen molar-refractivity contribution in [3.63, 3.8) is 0 Å². The van der Waals surface area contributed by atoms with Crippen molar-refractivity contribution in [2.75, 3.05) is 6.61 Å². The topological polar surface area (TPSA) is 58.6 Å². The molecule has 0 saturated heterocycles. The summed E-state index contributed by atoms with van der Waals surface area (Å²) in [5, 5.41) is 12.4. The first kappa shape index (κ1) is 13.5. The van der Waals surface area contributed by atoms with Crippen LogP contribution in [0.5, 0.6) is 0 Å². The van der Waals surface area contributed by atoms with Crippen molar-refractivity contribution in [3.8, 4) is 0 Å². The second-order valence-electron chi connectivity index (χ2n) is 5.77. The maximum Gasteiger partial charge on any atom is 0.323 e. The average molecular weight is 229 g/mol. The van der Waals surface area contributed by atoms with Gasteiger partial charge in [0.25, 0.3) is 0 Å². The van der Waals surface area contributed by atoms with E-state index in [2.05, 4.69) is 5.32 Å². The molecule has 2 N–H and O–H groups in total. The summed E-state index contributed by atoms with van der Waals surface area (Å²) < 4.78 is 5.57. The summed E-state index contributed by atoms with van der Waals surface area (Å²) in [6.45, 7) is 8.12. The Morgan fingerprint density at radius 3 is 2.31 bits per heavy atom. The number of nitrogens with one attached hydrogen (secondary N) is 1. The maximum atomic E-state index is 11.2. The molecule has 0 radical (unpaired) electrons. The lowest BCUT2D eigenvalue weighted by atomic mass is 9.98. The number of carboxylic acids is 1. The van der Waals surface area contributed by atoms with E-state index in [0.717, 1.165) is 12.8 Å². The molecule has 0 aliphatic heterocycles. The van der Waals surface area contributed by atoms with Crippen LogP contribution in [0.3, 0.4) is 0 Å². The molecule has 0 aromatic carbocycles. The highest BCUT2D eigenvalue weighted by Gasteiger charge is 2.38. The van der Waals surface area contributed by atoms with Crippen molar-refractivity contribution in [2.24, 2.45) is 0 Å². The third-order valence-corrected chi connectivity index (χ3v) is 2.71. The lowest BCUT2D eigenvalue weighted by Crippen LogP contribution is -2.51. The van der Waals surface area contributed by atoms with Crippen molar-refractivity contribution < 1.29 is 14.6 Å². The summed E-state index contributed by atoms with van der Waals surface area (Å²) in [6, 6.07) is 0.385. The standard InChI is InChI=1S/C12H23NO3/c1-11(2,3)16-8-7-12(4,10(14)15)13-9-5-6-9/h9,13H,5-8H2,1-4H3,(H,14,15). The van der Waals surface area contributed by atoms with Crippen molar-refractivity contribution in [2.45, 2.75) is 64.1 Å². The Labute approximate surface area is 97.4 Å². The molecule has 1 saturated carbocycles. The van der Waals surface area contributed by atoms with Gasteiger partial charge in [-0.2, -0.15) is 0 Å². The van der Waals surface area contributed by atoms with E-state index in [9.17, 15) is 9.90 Å². The molecule has 16 heavy (non-hydrogen) atoms. The highest BCUT2D eigenvalue weighted by atomic mass is 16.5. The van der Waals surface area contributed by atoms with Crippen LogP contribution in [0.25, 0.3) is 0 Å². The zero-order chi connectivity index (χ0) is 12.4. The third-order valence-electron chi connectivity index (χ3n) is 2.71. The Bertz CT molecular complexity index is 255. The van der Waals surface area contributed by atoms with E-state index in [1.807, 2.05) is 20.8 Å². The number of carbonyl (C=O) groups is 1. The monoisotopic (exact) mass is 229 g/mol. The van der Waals surface area contributed by atoms with Gasteiger partial charge in [0.1, 0.15) is 5.54 Å². The van der Waals surface area contributed by atoms with Gasteiger partial charge in [-0.1, -0.05) is 0 Å². The number of hydrogen-bond donors (Lipinski definition) is 2. The van der Waals surface area contributed by atoms with Gasteiger partial charge >= 0.3 is 5.97 Å². The number of hydrogen-bond acceptors (Lipinski definition) is 3. The van der Waals surface area contributed by atoms with Crippen LogP contribution in [0.1, 0.15) is 47.0 Å². The van der Waals surface area contributed by atoms with Crippen molar-refractivity contribution in [1.82, 2.24) is 5.32 Å². The summed E-state index contributed by atoms with van der Waals surface area (Å²) in [5.74, 6) is -0.795. The molecule has 0 heterocycles. The molecule has 94 valence electrons. The molecule has 0 spiro atoms. The van der Waals surface area contributed by atoms with Gasteiger partial charge in [0.05, 0.1) is 5.60 Å². The maximum absolute atomic E-state index is 11.2. The normalized spacial score (nSPS) is 20.5. The van der Waals surface area contributed by atoms with Gasteiger partial charge in [0.15, 0.2) is 0 Å². The molecule has 1 atom stereocenters. The second kappa shape index (κ2) is 4.72. The number of rotatable bonds is 6. The molecule has 0 aromatic heterocycles. The van der Waals surface area contributed by atoms with Crippen molar-refractivity contribution >= 4 is 5.97 Å². The minimum atomic E-state index is -0.855. The van der Waals surface area contributed by atoms with E-state index >= 15 is 0 Å². The van der Waals surface area contributed by atoms with Crippen LogP contribution >= 0.6 is 0 Å². The van der Waals surface area contributed by atoms with Gasteiger partial charge in [0.2, 0.25) is 0 Å². The van der Waals surface area contributed by atoms with Crippen molar-refractivity contribution in [3.05, 3.63) is 0 Å². The van der Waals surface area contributed by atoms with Gasteiger partial charge in [-0.25, -0.2) is 0 Å². The average Bonchev–Trinajstić information content (AvgIpc) is 2.85. The molecule has 4 nitrogen and oxygen atoms in total. The fourth-order valence-electron chi connectivity index (χ4n) is 1.48. The Kier molecular flexibility index (Phi) is 3.97. The second-order valence-corrected chi connectivity index (χ2v) is 5.77. The predicted octanol–water partition coefficient (Wildman–Crippen LogP) is 1.79. The quantitative estimate of drug-likeness (QED) is 0.729. The Hall–Kier alpha value is -0.610. The first-order valence-corrected chi connectivity index (χ1v) is 5.88. The molecule has 1 aliphatic rings. The summed E-state index contributed by atoms with van der Waals surface area (Å²) in [6.07, 6.45) is 2.67. The SMILES string of the molecule is CC(C)(C)OCCC(C)(NC1CC1)C(=O)O. The first-order chi connectivity index (χ1) is 7.23. The number of carboxylic acid groups (broad SMARTS) is 1. The minimum absolute atomic E-state index is 0.209. The first-order valence-electron chi connectivity index (χ1n) is 5.88. The fourth-order valence-corrected chi connectivity index (χ4v) is 1.48. The molecule has 1 fully saturated rings.